The molecule has 15 heavy (non-hydrogen) atoms. The van der Waals surface area contributed by atoms with E-state index < -0.39 is 0 Å². The Bertz CT molecular complexity index is 381. The Morgan fingerprint density at radius 2 is 2.13 bits per heavy atom. The minimum absolute atomic E-state index is 0.0319. The molecule has 3 heteroatoms. The van der Waals surface area contributed by atoms with Crippen molar-refractivity contribution in [2.24, 2.45) is 0 Å². The number of carbonyl (C=O) groups excluding carboxylic acids is 1. The molecule has 0 bridgehead atoms. The number of benzene rings is 1. The van der Waals surface area contributed by atoms with E-state index in [2.05, 4.69) is 0 Å². The fourth-order valence-corrected chi connectivity index (χ4v) is 1.63. The number of carbonyl (C=O) groups is 1. The van der Waals surface area contributed by atoms with Crippen LogP contribution in [-0.4, -0.2) is 24.1 Å². The quantitative estimate of drug-likeness (QED) is 0.702. The van der Waals surface area contributed by atoms with Crippen LogP contribution < -0.4 is 0 Å². The monoisotopic (exact) mass is 205 g/mol. The lowest BCUT2D eigenvalue weighted by atomic mass is 10.1. The van der Waals surface area contributed by atoms with E-state index in [-0.39, 0.29) is 5.91 Å². The normalized spacial score (nSPS) is 15.7. The van der Waals surface area contributed by atoms with Gasteiger partial charge in [-0.05, 0) is 43.5 Å². The van der Waals surface area contributed by atoms with Gasteiger partial charge in [0.05, 0.1) is 13.2 Å². The Balaban J connectivity index is 2.21. The third-order valence-electron chi connectivity index (χ3n) is 2.73. The number of nitrogens with zero attached hydrogens (tertiary/aromatic N) is 1. The molecule has 80 valence electrons. The van der Waals surface area contributed by atoms with Gasteiger partial charge in [0, 0.05) is 5.56 Å². The molecule has 0 aliphatic carbocycles. The lowest BCUT2D eigenvalue weighted by Gasteiger charge is -2.14. The number of rotatable bonds is 1. The third-order valence-corrected chi connectivity index (χ3v) is 2.73. The Morgan fingerprint density at radius 3 is 2.73 bits per heavy atom. The first-order valence-electron chi connectivity index (χ1n) is 5.20. The third kappa shape index (κ3) is 2.02. The number of hydroxylamine groups is 2. The molecule has 1 aromatic carbocycles. The van der Waals surface area contributed by atoms with Gasteiger partial charge in [0.2, 0.25) is 0 Å². The molecule has 0 radical (unpaired) electrons. The average Bonchev–Trinajstić information content (AvgIpc) is 2.74. The van der Waals surface area contributed by atoms with Crippen molar-refractivity contribution >= 4 is 5.91 Å². The minimum Gasteiger partial charge on any atom is -0.271 e. The van der Waals surface area contributed by atoms with Gasteiger partial charge in [-0.25, -0.2) is 5.06 Å². The summed E-state index contributed by atoms with van der Waals surface area (Å²) >= 11 is 0. The maximum atomic E-state index is 11.9. The summed E-state index contributed by atoms with van der Waals surface area (Å²) in [4.78, 5) is 17.1. The largest absolute Gasteiger partial charge is 0.277 e. The van der Waals surface area contributed by atoms with E-state index in [1.54, 1.807) is 0 Å². The van der Waals surface area contributed by atoms with Crippen LogP contribution in [0.3, 0.4) is 0 Å². The first kappa shape index (κ1) is 10.2. The molecule has 2 rings (SSSR count). The molecule has 0 unspecified atom stereocenters. The Kier molecular flexibility index (Phi) is 2.73. The Hall–Kier alpha value is -1.35. The molecule has 3 nitrogen and oxygen atoms in total. The molecule has 0 atom stereocenters. The van der Waals surface area contributed by atoms with Crippen LogP contribution in [0.5, 0.6) is 0 Å². The number of amides is 1. The predicted molar refractivity (Wildman–Crippen MR) is 57.5 cm³/mol. The lowest BCUT2D eigenvalue weighted by molar-refractivity contribution is -0.0768. The number of hydrogen-bond donors (Lipinski definition) is 0. The zero-order valence-electron chi connectivity index (χ0n) is 9.12. The first-order valence-corrected chi connectivity index (χ1v) is 5.20. The summed E-state index contributed by atoms with van der Waals surface area (Å²) in [5.41, 5.74) is 3.05. The minimum atomic E-state index is -0.0319. The van der Waals surface area contributed by atoms with E-state index in [1.165, 1.54) is 10.6 Å². The first-order chi connectivity index (χ1) is 7.18. The SMILES string of the molecule is Cc1ccc(C(=O)N2CCCO2)cc1C. The summed E-state index contributed by atoms with van der Waals surface area (Å²) in [6.07, 6.45) is 0.927. The maximum absolute atomic E-state index is 11.9. The van der Waals surface area contributed by atoms with Crippen LogP contribution in [0.2, 0.25) is 0 Å². The second-order valence-electron chi connectivity index (χ2n) is 3.89. The molecule has 1 amide bonds. The molecule has 1 heterocycles. The highest BCUT2D eigenvalue weighted by atomic mass is 16.7. The molecule has 1 aliphatic rings. The predicted octanol–water partition coefficient (Wildman–Crippen LogP) is 2.08. The molecule has 0 spiro atoms. The van der Waals surface area contributed by atoms with Crippen LogP contribution in [0.15, 0.2) is 18.2 Å². The van der Waals surface area contributed by atoms with Gasteiger partial charge in [0.1, 0.15) is 0 Å². The van der Waals surface area contributed by atoms with Crippen molar-refractivity contribution in [3.8, 4) is 0 Å². The van der Waals surface area contributed by atoms with E-state index in [9.17, 15) is 4.79 Å². The van der Waals surface area contributed by atoms with Gasteiger partial charge in [0.15, 0.2) is 0 Å². The van der Waals surface area contributed by atoms with Crippen LogP contribution in [-0.2, 0) is 4.84 Å². The van der Waals surface area contributed by atoms with Crippen molar-refractivity contribution in [1.29, 1.82) is 0 Å². The second-order valence-corrected chi connectivity index (χ2v) is 3.89. The van der Waals surface area contributed by atoms with Crippen LogP contribution >= 0.6 is 0 Å². The van der Waals surface area contributed by atoms with Crippen molar-refractivity contribution in [3.05, 3.63) is 34.9 Å². The number of aryl methyl sites for hydroxylation is 2. The summed E-state index contributed by atoms with van der Waals surface area (Å²) in [6.45, 7) is 5.40. The van der Waals surface area contributed by atoms with Crippen molar-refractivity contribution in [2.45, 2.75) is 20.3 Å². The summed E-state index contributed by atoms with van der Waals surface area (Å²) in [6, 6.07) is 5.74. The van der Waals surface area contributed by atoms with Crippen LogP contribution in [0, 0.1) is 13.8 Å². The zero-order chi connectivity index (χ0) is 10.8. The van der Waals surface area contributed by atoms with Crippen LogP contribution in [0.4, 0.5) is 0 Å². The maximum Gasteiger partial charge on any atom is 0.277 e. The molecular weight excluding hydrogens is 190 g/mol. The summed E-state index contributed by atoms with van der Waals surface area (Å²) in [5.74, 6) is -0.0319. The van der Waals surface area contributed by atoms with Gasteiger partial charge in [-0.1, -0.05) is 6.07 Å². The van der Waals surface area contributed by atoms with Gasteiger partial charge in [-0.3, -0.25) is 9.63 Å². The van der Waals surface area contributed by atoms with E-state index >= 15 is 0 Å². The van der Waals surface area contributed by atoms with Crippen LogP contribution in [0.25, 0.3) is 0 Å². The highest BCUT2D eigenvalue weighted by Crippen LogP contribution is 2.14. The van der Waals surface area contributed by atoms with Gasteiger partial charge in [-0.2, -0.15) is 0 Å². The van der Waals surface area contributed by atoms with Crippen molar-refractivity contribution < 1.29 is 9.63 Å². The van der Waals surface area contributed by atoms with Gasteiger partial charge >= 0.3 is 0 Å². The van der Waals surface area contributed by atoms with Gasteiger partial charge < -0.3 is 0 Å². The summed E-state index contributed by atoms with van der Waals surface area (Å²) in [7, 11) is 0. The number of hydrogen-bond acceptors (Lipinski definition) is 2. The van der Waals surface area contributed by atoms with E-state index in [0.717, 1.165) is 12.0 Å². The van der Waals surface area contributed by atoms with Crippen molar-refractivity contribution in [1.82, 2.24) is 5.06 Å². The van der Waals surface area contributed by atoms with E-state index in [1.807, 2.05) is 32.0 Å². The second kappa shape index (κ2) is 4.03. The smallest absolute Gasteiger partial charge is 0.271 e. The topological polar surface area (TPSA) is 29.5 Å². The van der Waals surface area contributed by atoms with Gasteiger partial charge in [0.25, 0.3) is 5.91 Å². The standard InChI is InChI=1S/C12H15NO2/c1-9-4-5-11(8-10(9)2)12(14)13-6-3-7-15-13/h4-5,8H,3,6-7H2,1-2H3. The molecule has 1 saturated heterocycles. The van der Waals surface area contributed by atoms with E-state index in [0.29, 0.717) is 18.7 Å². The fourth-order valence-electron chi connectivity index (χ4n) is 1.63. The van der Waals surface area contributed by atoms with Crippen LogP contribution in [0.1, 0.15) is 27.9 Å². The highest BCUT2D eigenvalue weighted by Gasteiger charge is 2.20. The molecule has 1 aliphatic heterocycles. The van der Waals surface area contributed by atoms with Crippen molar-refractivity contribution in [2.75, 3.05) is 13.2 Å². The summed E-state index contributed by atoms with van der Waals surface area (Å²) < 4.78 is 0. The van der Waals surface area contributed by atoms with Gasteiger partial charge in [-0.15, -0.1) is 0 Å². The average molecular weight is 205 g/mol. The lowest BCUT2D eigenvalue weighted by Crippen LogP contribution is -2.26. The highest BCUT2D eigenvalue weighted by molar-refractivity contribution is 5.93. The Labute approximate surface area is 89.6 Å². The zero-order valence-corrected chi connectivity index (χ0v) is 9.12. The molecule has 1 aromatic rings. The molecule has 1 fully saturated rings. The Morgan fingerprint density at radius 1 is 1.33 bits per heavy atom. The van der Waals surface area contributed by atoms with E-state index in [4.69, 9.17) is 4.84 Å². The molecular formula is C12H15NO2. The van der Waals surface area contributed by atoms with Crippen molar-refractivity contribution in [3.63, 3.8) is 0 Å². The summed E-state index contributed by atoms with van der Waals surface area (Å²) in [5, 5.41) is 1.45. The molecule has 0 aromatic heterocycles. The molecule has 0 saturated carbocycles. The fraction of sp³-hybridized carbons (Fsp3) is 0.417. The molecule has 0 N–H and O–H groups in total.